The van der Waals surface area contributed by atoms with Crippen LogP contribution in [0.15, 0.2) is 97.1 Å². The van der Waals surface area contributed by atoms with E-state index in [1.165, 1.54) is 33.4 Å². The third kappa shape index (κ3) is 3.49. The molecule has 0 fully saturated rings. The van der Waals surface area contributed by atoms with Gasteiger partial charge in [-0.15, -0.1) is 0 Å². The normalized spacial score (nSPS) is 16.5. The van der Waals surface area contributed by atoms with E-state index in [9.17, 15) is 0 Å². The molecule has 25 heavy (non-hydrogen) atoms. The summed E-state index contributed by atoms with van der Waals surface area (Å²) in [6.07, 6.45) is 8.04. The summed E-state index contributed by atoms with van der Waals surface area (Å²) in [6.45, 7) is 2.26. The predicted octanol–water partition coefficient (Wildman–Crippen LogP) is 7.00. The van der Waals surface area contributed by atoms with Crippen molar-refractivity contribution in [2.75, 3.05) is 0 Å². The van der Waals surface area contributed by atoms with Crippen molar-refractivity contribution in [1.82, 2.24) is 0 Å². The van der Waals surface area contributed by atoms with E-state index in [4.69, 9.17) is 0 Å². The molecule has 122 valence electrons. The molecule has 3 aromatic rings. The fraction of sp³-hybridized carbons (Fsp3) is 0.120. The topological polar surface area (TPSA) is 0 Å². The third-order valence-corrected chi connectivity index (χ3v) is 4.81. The van der Waals surface area contributed by atoms with Crippen molar-refractivity contribution in [3.05, 3.63) is 103 Å². The first-order valence-electron chi connectivity index (χ1n) is 8.94. The zero-order valence-electron chi connectivity index (χ0n) is 14.5. The molecule has 0 saturated heterocycles. The lowest BCUT2D eigenvalue weighted by Crippen LogP contribution is -1.94. The lowest BCUT2D eigenvalue weighted by atomic mass is 9.92. The summed E-state index contributed by atoms with van der Waals surface area (Å²) in [5.41, 5.74) is 7.67. The van der Waals surface area contributed by atoms with Crippen LogP contribution in [0.3, 0.4) is 0 Å². The van der Waals surface area contributed by atoms with Crippen LogP contribution >= 0.6 is 0 Å². The summed E-state index contributed by atoms with van der Waals surface area (Å²) in [5.74, 6) is 0.648. The van der Waals surface area contributed by atoms with E-state index in [0.717, 1.165) is 6.42 Å². The number of allylic oxidation sites excluding steroid dienone is 4. The van der Waals surface area contributed by atoms with Crippen LogP contribution in [0.1, 0.15) is 18.9 Å². The molecule has 1 aliphatic rings. The molecule has 0 aliphatic heterocycles. The lowest BCUT2D eigenvalue weighted by molar-refractivity contribution is 0.739. The highest BCUT2D eigenvalue weighted by Gasteiger charge is 2.07. The molecule has 3 aromatic carbocycles. The second-order valence-corrected chi connectivity index (χ2v) is 6.76. The Balaban J connectivity index is 1.69. The molecule has 1 aliphatic carbocycles. The van der Waals surface area contributed by atoms with Crippen LogP contribution in [0, 0.1) is 5.92 Å². The highest BCUT2D eigenvalue weighted by atomic mass is 14.1. The molecule has 0 aromatic heterocycles. The Morgan fingerprint density at radius 2 is 1.20 bits per heavy atom. The summed E-state index contributed by atoms with van der Waals surface area (Å²) < 4.78 is 0. The first-order chi connectivity index (χ1) is 12.3. The van der Waals surface area contributed by atoms with Crippen molar-refractivity contribution in [1.29, 1.82) is 0 Å². The standard InChI is InChI=1S/C25H22/c1-19-13-15-21(16-14-19)23-10-6-12-25(18-23)24-11-5-9-22(17-24)20-7-3-2-4-8-20/h2-13,15-19H,14H2,1H3. The number of hydrogen-bond donors (Lipinski definition) is 0. The molecule has 0 spiro atoms. The fourth-order valence-electron chi connectivity index (χ4n) is 3.33. The van der Waals surface area contributed by atoms with E-state index in [2.05, 4.69) is 104 Å². The summed E-state index contributed by atoms with van der Waals surface area (Å²) in [4.78, 5) is 0. The van der Waals surface area contributed by atoms with Crippen LogP contribution in [0.25, 0.3) is 27.8 Å². The smallest absolute Gasteiger partial charge is 0.0178 e. The van der Waals surface area contributed by atoms with E-state index < -0.39 is 0 Å². The van der Waals surface area contributed by atoms with Crippen LogP contribution in [0.5, 0.6) is 0 Å². The Bertz CT molecular complexity index is 929. The second-order valence-electron chi connectivity index (χ2n) is 6.76. The van der Waals surface area contributed by atoms with Gasteiger partial charge in [0.2, 0.25) is 0 Å². The maximum Gasteiger partial charge on any atom is -0.0178 e. The van der Waals surface area contributed by atoms with Crippen LogP contribution in [-0.4, -0.2) is 0 Å². The van der Waals surface area contributed by atoms with Crippen molar-refractivity contribution in [2.24, 2.45) is 5.92 Å². The lowest BCUT2D eigenvalue weighted by Gasteiger charge is -2.13. The van der Waals surface area contributed by atoms with Gasteiger partial charge in [-0.3, -0.25) is 0 Å². The SMILES string of the molecule is CC1C=CC(c2cccc(-c3cccc(-c4ccccc4)c3)c2)=CC1. The van der Waals surface area contributed by atoms with Crippen LogP contribution in [0.4, 0.5) is 0 Å². The van der Waals surface area contributed by atoms with Gasteiger partial charge in [-0.05, 0) is 57.9 Å². The highest BCUT2D eigenvalue weighted by Crippen LogP contribution is 2.30. The Kier molecular flexibility index (Phi) is 4.35. The van der Waals surface area contributed by atoms with E-state index in [1.807, 2.05) is 0 Å². The minimum Gasteiger partial charge on any atom is -0.0808 e. The van der Waals surface area contributed by atoms with E-state index in [-0.39, 0.29) is 0 Å². The zero-order chi connectivity index (χ0) is 17.1. The summed E-state index contributed by atoms with van der Waals surface area (Å²) in [6, 6.07) is 28.2. The predicted molar refractivity (Wildman–Crippen MR) is 108 cm³/mol. The van der Waals surface area contributed by atoms with Crippen molar-refractivity contribution >= 4 is 5.57 Å². The van der Waals surface area contributed by atoms with Crippen LogP contribution in [0.2, 0.25) is 0 Å². The molecule has 0 nitrogen and oxygen atoms in total. The van der Waals surface area contributed by atoms with Gasteiger partial charge in [0.15, 0.2) is 0 Å². The zero-order valence-corrected chi connectivity index (χ0v) is 14.5. The van der Waals surface area contributed by atoms with Gasteiger partial charge < -0.3 is 0 Å². The molecule has 0 radical (unpaired) electrons. The molecule has 1 atom stereocenters. The number of hydrogen-bond acceptors (Lipinski definition) is 0. The number of rotatable bonds is 3. The van der Waals surface area contributed by atoms with Crippen LogP contribution in [-0.2, 0) is 0 Å². The maximum absolute atomic E-state index is 2.35. The Morgan fingerprint density at radius 1 is 0.640 bits per heavy atom. The molecular weight excluding hydrogens is 300 g/mol. The Labute approximate surface area is 150 Å². The van der Waals surface area contributed by atoms with Gasteiger partial charge in [0.25, 0.3) is 0 Å². The second kappa shape index (κ2) is 6.94. The fourth-order valence-corrected chi connectivity index (χ4v) is 3.33. The Morgan fingerprint density at radius 3 is 1.84 bits per heavy atom. The van der Waals surface area contributed by atoms with Gasteiger partial charge in [0.1, 0.15) is 0 Å². The largest absolute Gasteiger partial charge is 0.0808 e. The van der Waals surface area contributed by atoms with Crippen molar-refractivity contribution in [2.45, 2.75) is 13.3 Å². The summed E-state index contributed by atoms with van der Waals surface area (Å²) in [7, 11) is 0. The molecule has 0 bridgehead atoms. The minimum absolute atomic E-state index is 0.648. The monoisotopic (exact) mass is 322 g/mol. The van der Waals surface area contributed by atoms with Crippen molar-refractivity contribution in [3.63, 3.8) is 0 Å². The minimum atomic E-state index is 0.648. The van der Waals surface area contributed by atoms with Crippen molar-refractivity contribution < 1.29 is 0 Å². The first kappa shape index (κ1) is 15.7. The van der Waals surface area contributed by atoms with Gasteiger partial charge in [0.05, 0.1) is 0 Å². The maximum atomic E-state index is 2.35. The Hall–Kier alpha value is -2.86. The average Bonchev–Trinajstić information content (AvgIpc) is 2.69. The number of benzene rings is 3. The first-order valence-corrected chi connectivity index (χ1v) is 8.94. The molecular formula is C25H22. The van der Waals surface area contributed by atoms with Gasteiger partial charge in [-0.2, -0.15) is 0 Å². The quantitative estimate of drug-likeness (QED) is 0.487. The van der Waals surface area contributed by atoms with E-state index in [0.29, 0.717) is 5.92 Å². The average molecular weight is 322 g/mol. The van der Waals surface area contributed by atoms with Gasteiger partial charge in [-0.1, -0.05) is 91.9 Å². The summed E-state index contributed by atoms with van der Waals surface area (Å²) >= 11 is 0. The summed E-state index contributed by atoms with van der Waals surface area (Å²) in [5, 5.41) is 0. The third-order valence-electron chi connectivity index (χ3n) is 4.81. The molecule has 1 unspecified atom stereocenters. The molecule has 4 rings (SSSR count). The van der Waals surface area contributed by atoms with Gasteiger partial charge in [0, 0.05) is 0 Å². The molecule has 0 N–H and O–H groups in total. The van der Waals surface area contributed by atoms with E-state index in [1.54, 1.807) is 0 Å². The van der Waals surface area contributed by atoms with Gasteiger partial charge >= 0.3 is 0 Å². The van der Waals surface area contributed by atoms with Crippen molar-refractivity contribution in [3.8, 4) is 22.3 Å². The molecule has 0 saturated carbocycles. The molecule has 0 heteroatoms. The van der Waals surface area contributed by atoms with Gasteiger partial charge in [-0.25, -0.2) is 0 Å². The van der Waals surface area contributed by atoms with E-state index >= 15 is 0 Å². The van der Waals surface area contributed by atoms with Crippen LogP contribution < -0.4 is 0 Å². The highest BCUT2D eigenvalue weighted by molar-refractivity contribution is 5.80. The molecule has 0 amide bonds. The molecule has 0 heterocycles.